The van der Waals surface area contributed by atoms with Gasteiger partial charge in [0.25, 0.3) is 5.91 Å². The van der Waals surface area contributed by atoms with Crippen molar-refractivity contribution in [2.45, 2.75) is 33.4 Å². The molecule has 7 nitrogen and oxygen atoms in total. The molecule has 0 spiro atoms. The molecule has 0 fully saturated rings. The van der Waals surface area contributed by atoms with E-state index in [-0.39, 0.29) is 11.9 Å². The zero-order chi connectivity index (χ0) is 19.2. The molecular formula is C19H23N5O2S. The maximum Gasteiger partial charge on any atom is 0.319 e. The number of hydrogen-bond donors (Lipinski definition) is 3. The number of aryl methyl sites for hydroxylation is 1. The van der Waals surface area contributed by atoms with Gasteiger partial charge in [0.1, 0.15) is 0 Å². The van der Waals surface area contributed by atoms with Crippen molar-refractivity contribution in [2.24, 2.45) is 0 Å². The molecule has 0 aliphatic carbocycles. The number of benzene rings is 1. The highest BCUT2D eigenvalue weighted by Gasteiger charge is 2.17. The van der Waals surface area contributed by atoms with E-state index in [4.69, 9.17) is 0 Å². The number of anilines is 1. The van der Waals surface area contributed by atoms with E-state index < -0.39 is 0 Å². The van der Waals surface area contributed by atoms with Gasteiger partial charge >= 0.3 is 6.03 Å². The van der Waals surface area contributed by atoms with E-state index >= 15 is 0 Å². The molecule has 2 aromatic heterocycles. The second kappa shape index (κ2) is 8.68. The molecule has 3 N–H and O–H groups in total. The smallest absolute Gasteiger partial charge is 0.319 e. The summed E-state index contributed by atoms with van der Waals surface area (Å²) >= 11 is 1.59. The van der Waals surface area contributed by atoms with Crippen LogP contribution in [0.2, 0.25) is 0 Å². The number of urea groups is 1. The molecule has 1 aromatic carbocycles. The van der Waals surface area contributed by atoms with E-state index in [1.807, 2.05) is 43.5 Å². The molecule has 8 heteroatoms. The summed E-state index contributed by atoms with van der Waals surface area (Å²) in [7, 11) is 0. The van der Waals surface area contributed by atoms with Gasteiger partial charge in [-0.3, -0.25) is 9.48 Å². The predicted octanol–water partition coefficient (Wildman–Crippen LogP) is 3.58. The number of thiophene rings is 1. The zero-order valence-corrected chi connectivity index (χ0v) is 16.2. The van der Waals surface area contributed by atoms with E-state index in [0.29, 0.717) is 36.4 Å². The van der Waals surface area contributed by atoms with Crippen LogP contribution >= 0.6 is 11.3 Å². The number of aromatic nitrogens is 2. The Bertz CT molecular complexity index is 933. The number of nitrogens with zero attached hydrogens (tertiary/aromatic N) is 2. The van der Waals surface area contributed by atoms with Gasteiger partial charge in [0.2, 0.25) is 0 Å². The minimum Gasteiger partial charge on any atom is -0.346 e. The third-order valence-electron chi connectivity index (χ3n) is 4.06. The third kappa shape index (κ3) is 4.46. The average molecular weight is 385 g/mol. The highest BCUT2D eigenvalue weighted by molar-refractivity contribution is 7.09. The van der Waals surface area contributed by atoms with E-state index in [9.17, 15) is 9.59 Å². The number of carbonyl (C=O) groups is 2. The fraction of sp³-hybridized carbons (Fsp3) is 0.316. The van der Waals surface area contributed by atoms with Crippen molar-refractivity contribution in [3.05, 3.63) is 46.3 Å². The lowest BCUT2D eigenvalue weighted by molar-refractivity contribution is 0.0947. The van der Waals surface area contributed by atoms with Crippen molar-refractivity contribution >= 4 is 39.9 Å². The van der Waals surface area contributed by atoms with E-state index in [1.54, 1.807) is 22.1 Å². The van der Waals surface area contributed by atoms with Gasteiger partial charge in [-0.05, 0) is 43.0 Å². The van der Waals surface area contributed by atoms with E-state index in [1.165, 1.54) is 0 Å². The molecule has 0 saturated carbocycles. The molecule has 2 heterocycles. The fourth-order valence-electron chi connectivity index (χ4n) is 2.74. The lowest BCUT2D eigenvalue weighted by Crippen LogP contribution is -2.29. The number of nitrogens with one attached hydrogen (secondary N) is 3. The van der Waals surface area contributed by atoms with Crippen molar-refractivity contribution < 1.29 is 9.59 Å². The summed E-state index contributed by atoms with van der Waals surface area (Å²) in [5, 5.41) is 15.6. The molecular weight excluding hydrogens is 362 g/mol. The molecule has 0 radical (unpaired) electrons. The average Bonchev–Trinajstić information content (AvgIpc) is 3.31. The first-order valence-corrected chi connectivity index (χ1v) is 9.86. The summed E-state index contributed by atoms with van der Waals surface area (Å²) in [6.07, 6.45) is 0.865. The summed E-state index contributed by atoms with van der Waals surface area (Å²) in [6, 6.07) is 9.15. The monoisotopic (exact) mass is 385 g/mol. The maximum atomic E-state index is 12.7. The van der Waals surface area contributed by atoms with Crippen LogP contribution in [0.5, 0.6) is 0 Å². The molecule has 3 amide bonds. The second-order valence-corrected chi connectivity index (χ2v) is 7.07. The van der Waals surface area contributed by atoms with Crippen molar-refractivity contribution in [1.29, 1.82) is 0 Å². The first-order valence-electron chi connectivity index (χ1n) is 8.98. The van der Waals surface area contributed by atoms with Crippen LogP contribution in [0.15, 0.2) is 35.7 Å². The van der Waals surface area contributed by atoms with E-state index in [2.05, 4.69) is 21.0 Å². The number of carbonyl (C=O) groups excluding carboxylic acids is 2. The summed E-state index contributed by atoms with van der Waals surface area (Å²) < 4.78 is 1.79. The normalized spacial score (nSPS) is 10.7. The van der Waals surface area contributed by atoms with Crippen molar-refractivity contribution in [3.63, 3.8) is 0 Å². The molecule has 3 rings (SSSR count). The lowest BCUT2D eigenvalue weighted by Gasteiger charge is -2.07. The number of rotatable bonds is 7. The number of fused-ring (bicyclic) bond motifs is 1. The van der Waals surface area contributed by atoms with Crippen LogP contribution in [0.4, 0.5) is 10.5 Å². The minimum atomic E-state index is -0.261. The maximum absolute atomic E-state index is 12.7. The van der Waals surface area contributed by atoms with Crippen molar-refractivity contribution in [3.8, 4) is 0 Å². The topological polar surface area (TPSA) is 88.1 Å². The Morgan fingerprint density at radius 3 is 2.74 bits per heavy atom. The summed E-state index contributed by atoms with van der Waals surface area (Å²) in [5.41, 5.74) is 1.85. The molecule has 27 heavy (non-hydrogen) atoms. The molecule has 0 saturated heterocycles. The highest BCUT2D eigenvalue weighted by atomic mass is 32.1. The van der Waals surface area contributed by atoms with Crippen molar-refractivity contribution in [2.75, 3.05) is 11.9 Å². The van der Waals surface area contributed by atoms with Crippen LogP contribution in [-0.4, -0.2) is 28.3 Å². The summed E-state index contributed by atoms with van der Waals surface area (Å²) in [6.45, 7) is 5.70. The fourth-order valence-corrected chi connectivity index (χ4v) is 3.39. The quantitative estimate of drug-likeness (QED) is 0.581. The predicted molar refractivity (Wildman–Crippen MR) is 108 cm³/mol. The van der Waals surface area contributed by atoms with Crippen LogP contribution in [0.1, 0.15) is 35.6 Å². The van der Waals surface area contributed by atoms with Gasteiger partial charge in [-0.25, -0.2) is 4.79 Å². The Balaban J connectivity index is 1.83. The number of hydrogen-bond acceptors (Lipinski definition) is 4. The largest absolute Gasteiger partial charge is 0.346 e. The molecule has 3 aromatic rings. The second-order valence-electron chi connectivity index (χ2n) is 6.04. The Morgan fingerprint density at radius 2 is 2.04 bits per heavy atom. The Labute approximate surface area is 161 Å². The van der Waals surface area contributed by atoms with Crippen LogP contribution < -0.4 is 16.0 Å². The molecule has 142 valence electrons. The van der Waals surface area contributed by atoms with Gasteiger partial charge in [0, 0.05) is 29.0 Å². The summed E-state index contributed by atoms with van der Waals surface area (Å²) in [4.78, 5) is 25.7. The highest BCUT2D eigenvalue weighted by Crippen LogP contribution is 2.23. The number of amides is 3. The molecule has 0 unspecified atom stereocenters. The van der Waals surface area contributed by atoms with Crippen LogP contribution in [0, 0.1) is 0 Å². The Morgan fingerprint density at radius 1 is 1.19 bits per heavy atom. The van der Waals surface area contributed by atoms with Gasteiger partial charge < -0.3 is 16.0 Å². The molecule has 0 atom stereocenters. The Kier molecular flexibility index (Phi) is 6.08. The van der Waals surface area contributed by atoms with Crippen molar-refractivity contribution in [1.82, 2.24) is 20.4 Å². The van der Waals surface area contributed by atoms with Crippen LogP contribution in [0.25, 0.3) is 10.9 Å². The lowest BCUT2D eigenvalue weighted by atomic mass is 10.1. The minimum absolute atomic E-state index is 0.229. The van der Waals surface area contributed by atoms with Gasteiger partial charge in [-0.1, -0.05) is 13.0 Å². The molecule has 0 aliphatic heterocycles. The first kappa shape index (κ1) is 18.9. The third-order valence-corrected chi connectivity index (χ3v) is 4.94. The van der Waals surface area contributed by atoms with Gasteiger partial charge in [0.05, 0.1) is 12.1 Å². The SMILES string of the molecule is CCCNC(=O)Nc1ccc2c(c1)c(C(=O)NCc1cccs1)nn2CC. The van der Waals surface area contributed by atoms with Gasteiger partial charge in [-0.2, -0.15) is 5.10 Å². The molecule has 0 bridgehead atoms. The standard InChI is InChI=1S/C19H23N5O2S/c1-3-9-20-19(26)22-13-7-8-16-15(11-13)17(23-24(16)4-2)18(25)21-12-14-6-5-10-27-14/h5-8,10-11H,3-4,9,12H2,1-2H3,(H,21,25)(H2,20,22,26). The van der Waals surface area contributed by atoms with E-state index in [0.717, 1.165) is 16.8 Å². The Hall–Kier alpha value is -2.87. The van der Waals surface area contributed by atoms with Gasteiger partial charge in [-0.15, -0.1) is 11.3 Å². The van der Waals surface area contributed by atoms with Crippen LogP contribution in [-0.2, 0) is 13.1 Å². The molecule has 0 aliphatic rings. The van der Waals surface area contributed by atoms with Gasteiger partial charge in [0.15, 0.2) is 5.69 Å². The zero-order valence-electron chi connectivity index (χ0n) is 15.4. The van der Waals surface area contributed by atoms with Crippen LogP contribution in [0.3, 0.4) is 0 Å². The summed E-state index contributed by atoms with van der Waals surface area (Å²) in [5.74, 6) is -0.229. The first-order chi connectivity index (χ1) is 13.1.